The summed E-state index contributed by atoms with van der Waals surface area (Å²) in [5.41, 5.74) is 0. The van der Waals surface area contributed by atoms with Crippen LogP contribution in [0, 0.1) is 0 Å². The van der Waals surface area contributed by atoms with E-state index in [1.807, 2.05) is 0 Å². The minimum Gasteiger partial charge on any atom is -0.876 e. The van der Waals surface area contributed by atoms with Crippen molar-refractivity contribution in [2.75, 3.05) is 26.7 Å². The average molecular weight is 535 g/mol. The van der Waals surface area contributed by atoms with Crippen molar-refractivity contribution < 1.29 is 36.3 Å². The topological polar surface area (TPSA) is 80.3 Å². The molecule has 0 saturated carbocycles. The Balaban J connectivity index is -0.000000363. The van der Waals surface area contributed by atoms with Crippen LogP contribution in [0.3, 0.4) is 0 Å². The molecule has 0 aliphatic carbocycles. The number of allylic oxidation sites excluding steroid dienone is 4. The van der Waals surface area contributed by atoms with Gasteiger partial charge in [0.2, 0.25) is 0 Å². The summed E-state index contributed by atoms with van der Waals surface area (Å²) in [5, 5.41) is 23.0. The van der Waals surface area contributed by atoms with Gasteiger partial charge in [0.05, 0.1) is 37.3 Å². The Morgan fingerprint density at radius 2 is 0.848 bits per heavy atom. The van der Waals surface area contributed by atoms with Crippen LogP contribution in [-0.4, -0.2) is 38.2 Å². The minimum absolute atomic E-state index is 0. The van der Waals surface area contributed by atoms with Gasteiger partial charge in [0.1, 0.15) is 0 Å². The normalized spacial score (nSPS) is 10.4. The molecule has 2 aromatic carbocycles. The molecule has 0 radical (unpaired) electrons. The molecule has 0 heterocycles. The third kappa shape index (κ3) is 26.3. The summed E-state index contributed by atoms with van der Waals surface area (Å²) in [6.45, 7) is 14.6. The molecular formula is C26H38NiO4P2+2. The van der Waals surface area contributed by atoms with Crippen LogP contribution in [0.1, 0.15) is 27.7 Å². The van der Waals surface area contributed by atoms with Crippen LogP contribution in [0.2, 0.25) is 0 Å². The third-order valence-corrected chi connectivity index (χ3v) is 6.49. The molecule has 0 spiro atoms. The maximum absolute atomic E-state index is 9.98. The first-order chi connectivity index (χ1) is 14.9. The minimum atomic E-state index is -0.212. The van der Waals surface area contributed by atoms with Gasteiger partial charge in [-0.1, -0.05) is 50.2 Å². The van der Waals surface area contributed by atoms with Crippen LogP contribution in [0.15, 0.2) is 84.3 Å². The molecular weight excluding hydrogens is 497 g/mol. The summed E-state index contributed by atoms with van der Waals surface area (Å²) in [5.74, 6) is -0.750. The summed E-state index contributed by atoms with van der Waals surface area (Å²) >= 11 is 0. The van der Waals surface area contributed by atoms with Crippen molar-refractivity contribution in [2.45, 2.75) is 27.7 Å². The Morgan fingerprint density at radius 1 is 0.606 bits per heavy atom. The fraction of sp³-hybridized carbons (Fsp3) is 0.308. The molecule has 0 amide bonds. The van der Waals surface area contributed by atoms with E-state index in [-0.39, 0.29) is 55.4 Å². The predicted octanol–water partition coefficient (Wildman–Crippen LogP) is 3.25. The molecule has 0 fully saturated rings. The van der Waals surface area contributed by atoms with Gasteiger partial charge in [-0.05, 0) is 50.3 Å². The molecule has 0 aromatic heterocycles. The van der Waals surface area contributed by atoms with Gasteiger partial charge in [0.25, 0.3) is 0 Å². The van der Waals surface area contributed by atoms with E-state index >= 15 is 0 Å². The number of ketones is 2. The second-order valence-corrected chi connectivity index (χ2v) is 12.6. The molecule has 0 atom stereocenters. The van der Waals surface area contributed by atoms with Gasteiger partial charge in [-0.3, -0.25) is 9.59 Å². The molecule has 7 heteroatoms. The van der Waals surface area contributed by atoms with Crippen LogP contribution < -0.4 is 20.8 Å². The smallest absolute Gasteiger partial charge is 0.876 e. The fourth-order valence-corrected chi connectivity index (χ4v) is 3.83. The van der Waals surface area contributed by atoms with Gasteiger partial charge in [0, 0.05) is 15.8 Å². The van der Waals surface area contributed by atoms with Crippen molar-refractivity contribution in [1.29, 1.82) is 0 Å². The number of hydrogen-bond acceptors (Lipinski definition) is 4. The Morgan fingerprint density at radius 3 is 0.939 bits per heavy atom. The van der Waals surface area contributed by atoms with Crippen LogP contribution >= 0.6 is 15.8 Å². The Bertz CT molecular complexity index is 754. The Labute approximate surface area is 212 Å². The summed E-state index contributed by atoms with van der Waals surface area (Å²) in [7, 11) is -0.424. The van der Waals surface area contributed by atoms with Crippen molar-refractivity contribution in [3.63, 3.8) is 0 Å². The van der Waals surface area contributed by atoms with Crippen molar-refractivity contribution >= 4 is 38.0 Å². The molecule has 184 valence electrons. The number of hydrogen-bond donors (Lipinski definition) is 0. The van der Waals surface area contributed by atoms with E-state index in [1.165, 1.54) is 38.3 Å². The van der Waals surface area contributed by atoms with Gasteiger partial charge in [-0.15, -0.1) is 11.5 Å². The summed E-state index contributed by atoms with van der Waals surface area (Å²) in [6, 6.07) is 21.4. The number of benzene rings is 2. The summed E-state index contributed by atoms with van der Waals surface area (Å²) in [6.07, 6.45) is 2.11. The second-order valence-electron chi connectivity index (χ2n) is 7.46. The third-order valence-electron chi connectivity index (χ3n) is 3.52. The Hall–Kier alpha value is -1.79. The molecule has 0 unspecified atom stereocenters. The first-order valence-corrected chi connectivity index (χ1v) is 15.3. The van der Waals surface area contributed by atoms with Gasteiger partial charge in [-0.2, -0.15) is 0 Å². The van der Waals surface area contributed by atoms with Crippen molar-refractivity contribution in [3.8, 4) is 0 Å². The van der Waals surface area contributed by atoms with Gasteiger partial charge in [-0.25, -0.2) is 0 Å². The average Bonchev–Trinajstić information content (AvgIpc) is 2.68. The van der Waals surface area contributed by atoms with Crippen LogP contribution in [0.4, 0.5) is 0 Å². The van der Waals surface area contributed by atoms with Gasteiger partial charge in [0.15, 0.2) is 11.6 Å². The molecule has 0 aliphatic heterocycles. The van der Waals surface area contributed by atoms with E-state index in [1.54, 1.807) is 0 Å². The SMILES string of the molecule is CC(=O)/C=C(/C)[O-].CC(=O)/C=C(/C)[O-].C[PH+](C)c1ccccc1.C[PH+](C)c1ccccc1.[Ni+2]. The number of carbonyl (C=O) groups is 2. The van der Waals surface area contributed by atoms with E-state index in [2.05, 4.69) is 87.3 Å². The fourth-order valence-electron chi connectivity index (χ4n) is 2.12. The monoisotopic (exact) mass is 534 g/mol. The maximum atomic E-state index is 9.98. The quantitative estimate of drug-likeness (QED) is 0.261. The molecule has 0 bridgehead atoms. The predicted molar refractivity (Wildman–Crippen MR) is 141 cm³/mol. The van der Waals surface area contributed by atoms with Crippen molar-refractivity contribution in [3.05, 3.63) is 84.3 Å². The largest absolute Gasteiger partial charge is 2.00 e. The van der Waals surface area contributed by atoms with Gasteiger partial charge < -0.3 is 10.2 Å². The molecule has 0 N–H and O–H groups in total. The molecule has 33 heavy (non-hydrogen) atoms. The molecule has 2 aromatic rings. The van der Waals surface area contributed by atoms with Crippen LogP contribution in [-0.2, 0) is 26.1 Å². The van der Waals surface area contributed by atoms with Crippen LogP contribution in [0.25, 0.3) is 0 Å². The first kappa shape index (κ1) is 35.8. The van der Waals surface area contributed by atoms with E-state index in [9.17, 15) is 19.8 Å². The van der Waals surface area contributed by atoms with E-state index in [0.717, 1.165) is 12.2 Å². The van der Waals surface area contributed by atoms with Crippen molar-refractivity contribution in [2.24, 2.45) is 0 Å². The van der Waals surface area contributed by atoms with Gasteiger partial charge >= 0.3 is 16.5 Å². The zero-order chi connectivity index (χ0) is 25.1. The Kier molecular flexibility index (Phi) is 23.9. The van der Waals surface area contributed by atoms with Crippen molar-refractivity contribution in [1.82, 2.24) is 0 Å². The zero-order valence-corrected chi connectivity index (χ0v) is 23.9. The second kappa shape index (κ2) is 22.0. The van der Waals surface area contributed by atoms with E-state index in [4.69, 9.17) is 0 Å². The molecule has 4 nitrogen and oxygen atoms in total. The van der Waals surface area contributed by atoms with E-state index in [0.29, 0.717) is 0 Å². The standard InChI is InChI=1S/2C8H11P.2C5H8O2.Ni/c2*1-9(2)8-6-4-3-5-7-8;2*1-4(6)3-5(2)7;/h2*3-7H,1-2H3;2*3,6H,1-2H3;/q;;;;+2/b;;2*4-3-;. The zero-order valence-electron chi connectivity index (χ0n) is 20.9. The summed E-state index contributed by atoms with van der Waals surface area (Å²) in [4.78, 5) is 20.0. The van der Waals surface area contributed by atoms with E-state index < -0.39 is 0 Å². The maximum Gasteiger partial charge on any atom is 2.00 e. The molecule has 2 rings (SSSR count). The summed E-state index contributed by atoms with van der Waals surface area (Å²) < 4.78 is 0. The number of carbonyl (C=O) groups excluding carboxylic acids is 2. The first-order valence-electron chi connectivity index (χ1n) is 10.3. The molecule has 0 aliphatic rings. The van der Waals surface area contributed by atoms with Crippen LogP contribution in [0.5, 0.6) is 0 Å². The number of rotatable bonds is 4. The molecule has 0 saturated heterocycles.